The van der Waals surface area contributed by atoms with E-state index in [0.29, 0.717) is 17.0 Å². The Morgan fingerprint density at radius 2 is 2.11 bits per heavy atom. The lowest BCUT2D eigenvalue weighted by Gasteiger charge is -2.42. The van der Waals surface area contributed by atoms with E-state index in [4.69, 9.17) is 4.74 Å². The molecule has 0 spiro atoms. The van der Waals surface area contributed by atoms with Crippen LogP contribution in [0.15, 0.2) is 12.7 Å². The summed E-state index contributed by atoms with van der Waals surface area (Å²) in [5.41, 5.74) is 0.910. The zero-order valence-corrected chi connectivity index (χ0v) is 17.1. The van der Waals surface area contributed by atoms with Crippen molar-refractivity contribution in [1.82, 2.24) is 20.1 Å². The molecule has 1 amide bonds. The van der Waals surface area contributed by atoms with Crippen molar-refractivity contribution >= 4 is 28.2 Å². The number of hydrogen-bond acceptors (Lipinski definition) is 7. The molecular formula is C18H25N5O3S. The number of fused-ring (bicyclic) bond motifs is 1. The molecule has 2 aromatic rings. The second-order valence-electron chi connectivity index (χ2n) is 7.79. The van der Waals surface area contributed by atoms with Crippen LogP contribution in [-0.2, 0) is 28.0 Å². The Balaban J connectivity index is 1.99. The zero-order valence-electron chi connectivity index (χ0n) is 16.3. The Kier molecular flexibility index (Phi) is 5.09. The molecular weight excluding hydrogens is 366 g/mol. The van der Waals surface area contributed by atoms with E-state index in [2.05, 4.69) is 48.4 Å². The topological polar surface area (TPSA) is 98.1 Å². The van der Waals surface area contributed by atoms with Crippen molar-refractivity contribution in [3.63, 3.8) is 0 Å². The number of anilines is 1. The lowest BCUT2D eigenvalue weighted by molar-refractivity contribution is -0.116. The molecule has 2 aromatic heterocycles. The first-order valence-electron chi connectivity index (χ1n) is 8.88. The fourth-order valence-corrected chi connectivity index (χ4v) is 4.94. The molecule has 27 heavy (non-hydrogen) atoms. The molecule has 0 aromatic carbocycles. The fourth-order valence-electron chi connectivity index (χ4n) is 3.66. The number of nitrogens with zero attached hydrogens (tertiary/aromatic N) is 3. The summed E-state index contributed by atoms with van der Waals surface area (Å²) in [6.07, 6.45) is 3.52. The largest absolute Gasteiger partial charge is 0.462 e. The van der Waals surface area contributed by atoms with Crippen molar-refractivity contribution in [2.75, 3.05) is 11.9 Å². The van der Waals surface area contributed by atoms with Crippen molar-refractivity contribution in [3.8, 4) is 0 Å². The normalized spacial score (nSPS) is 17.2. The number of carbonyl (C=O) groups excluding carboxylic acids is 2. The van der Waals surface area contributed by atoms with E-state index in [0.717, 1.165) is 10.4 Å². The second-order valence-corrected chi connectivity index (χ2v) is 8.81. The summed E-state index contributed by atoms with van der Waals surface area (Å²) in [5, 5.41) is 10.9. The van der Waals surface area contributed by atoms with Crippen LogP contribution in [0.4, 0.5) is 5.00 Å². The molecule has 0 radical (unpaired) electrons. The number of aromatic nitrogens is 3. The summed E-state index contributed by atoms with van der Waals surface area (Å²) in [6, 6.07) is 0. The molecule has 3 heterocycles. The summed E-state index contributed by atoms with van der Waals surface area (Å²) in [6.45, 7) is 10.5. The van der Waals surface area contributed by atoms with Crippen LogP contribution in [-0.4, -0.2) is 38.8 Å². The number of esters is 1. The highest BCUT2D eigenvalue weighted by molar-refractivity contribution is 7.17. The Morgan fingerprint density at radius 3 is 2.74 bits per heavy atom. The van der Waals surface area contributed by atoms with Gasteiger partial charge < -0.3 is 15.4 Å². The molecule has 3 rings (SSSR count). The Morgan fingerprint density at radius 1 is 1.37 bits per heavy atom. The van der Waals surface area contributed by atoms with Gasteiger partial charge in [-0.25, -0.2) is 14.5 Å². The highest BCUT2D eigenvalue weighted by Crippen LogP contribution is 2.45. The molecule has 8 nitrogen and oxygen atoms in total. The van der Waals surface area contributed by atoms with E-state index in [1.165, 1.54) is 28.7 Å². The van der Waals surface area contributed by atoms with Gasteiger partial charge >= 0.3 is 5.97 Å². The smallest absolute Gasteiger partial charge is 0.341 e. The number of hydrogen-bond donors (Lipinski definition) is 2. The van der Waals surface area contributed by atoms with E-state index < -0.39 is 5.97 Å². The lowest BCUT2D eigenvalue weighted by atomic mass is 9.81. The van der Waals surface area contributed by atoms with E-state index in [9.17, 15) is 9.59 Å². The maximum atomic E-state index is 12.7. The van der Waals surface area contributed by atoms with Gasteiger partial charge in [0.2, 0.25) is 5.91 Å². The minimum atomic E-state index is -0.403. The highest BCUT2D eigenvalue weighted by atomic mass is 32.1. The maximum Gasteiger partial charge on any atom is 0.341 e. The fraction of sp³-hybridized carbons (Fsp3) is 0.556. The van der Waals surface area contributed by atoms with Gasteiger partial charge in [0, 0.05) is 16.0 Å². The van der Waals surface area contributed by atoms with Gasteiger partial charge in [-0.05, 0) is 46.6 Å². The van der Waals surface area contributed by atoms with Crippen LogP contribution in [0.5, 0.6) is 0 Å². The van der Waals surface area contributed by atoms with Crippen LogP contribution < -0.4 is 10.6 Å². The van der Waals surface area contributed by atoms with Crippen LogP contribution in [0.3, 0.4) is 0 Å². The highest BCUT2D eigenvalue weighted by Gasteiger charge is 2.42. The predicted octanol–water partition coefficient (Wildman–Crippen LogP) is 2.31. The molecule has 0 atom stereocenters. The number of amides is 1. The van der Waals surface area contributed by atoms with Crippen molar-refractivity contribution in [3.05, 3.63) is 28.7 Å². The first-order chi connectivity index (χ1) is 12.6. The van der Waals surface area contributed by atoms with Crippen molar-refractivity contribution in [2.45, 2.75) is 58.7 Å². The van der Waals surface area contributed by atoms with E-state index in [-0.39, 0.29) is 30.1 Å². The molecule has 2 N–H and O–H groups in total. The molecule has 0 saturated heterocycles. The van der Waals surface area contributed by atoms with E-state index in [1.54, 1.807) is 6.92 Å². The Labute approximate surface area is 162 Å². The summed E-state index contributed by atoms with van der Waals surface area (Å²) < 4.78 is 6.72. The van der Waals surface area contributed by atoms with Crippen molar-refractivity contribution in [1.29, 1.82) is 0 Å². The summed E-state index contributed by atoms with van der Waals surface area (Å²) >= 11 is 1.42. The molecule has 146 valence electrons. The van der Waals surface area contributed by atoms with Crippen molar-refractivity contribution in [2.24, 2.45) is 0 Å². The van der Waals surface area contributed by atoms with Crippen LogP contribution in [0.25, 0.3) is 0 Å². The summed E-state index contributed by atoms with van der Waals surface area (Å²) in [4.78, 5) is 30.0. The third kappa shape index (κ3) is 4.03. The van der Waals surface area contributed by atoms with Gasteiger partial charge in [0.15, 0.2) is 0 Å². The van der Waals surface area contributed by atoms with Gasteiger partial charge in [-0.3, -0.25) is 4.79 Å². The average molecular weight is 391 g/mol. The van der Waals surface area contributed by atoms with Crippen LogP contribution in [0.1, 0.15) is 55.4 Å². The Bertz CT molecular complexity index is 855. The monoisotopic (exact) mass is 391 g/mol. The third-order valence-corrected chi connectivity index (χ3v) is 5.82. The minimum Gasteiger partial charge on any atom is -0.462 e. The number of thiophene rings is 1. The molecule has 0 aliphatic carbocycles. The standard InChI is InChI=1S/C18H25N5O3S/c1-6-26-16(25)13-11-7-17(2,3)22-18(4,5)14(11)27-15(13)21-12(24)8-23-10-19-9-20-23/h9-10,22H,6-8H2,1-5H3,(H,21,24). The molecule has 0 fully saturated rings. The molecule has 1 aliphatic heterocycles. The number of ether oxygens (including phenoxy) is 1. The van der Waals surface area contributed by atoms with E-state index in [1.807, 2.05) is 0 Å². The van der Waals surface area contributed by atoms with Crippen molar-refractivity contribution < 1.29 is 14.3 Å². The SMILES string of the molecule is CCOC(=O)c1c(NC(=O)Cn2cncn2)sc2c1CC(C)(C)NC2(C)C. The predicted molar refractivity (Wildman–Crippen MR) is 103 cm³/mol. The number of nitrogens with one attached hydrogen (secondary N) is 2. The summed E-state index contributed by atoms with van der Waals surface area (Å²) in [5.74, 6) is -0.672. The first-order valence-corrected chi connectivity index (χ1v) is 9.69. The van der Waals surface area contributed by atoms with Gasteiger partial charge in [0.05, 0.1) is 12.2 Å². The van der Waals surface area contributed by atoms with Gasteiger partial charge in [0.1, 0.15) is 24.2 Å². The maximum absolute atomic E-state index is 12.7. The van der Waals surface area contributed by atoms with Gasteiger partial charge in [0.25, 0.3) is 0 Å². The van der Waals surface area contributed by atoms with E-state index >= 15 is 0 Å². The third-order valence-electron chi connectivity index (χ3n) is 4.35. The summed E-state index contributed by atoms with van der Waals surface area (Å²) in [7, 11) is 0. The average Bonchev–Trinajstić information content (AvgIpc) is 3.13. The first kappa shape index (κ1) is 19.5. The molecule has 0 saturated carbocycles. The van der Waals surface area contributed by atoms with Gasteiger partial charge in [-0.15, -0.1) is 11.3 Å². The Hall–Kier alpha value is -2.26. The second kappa shape index (κ2) is 7.05. The molecule has 1 aliphatic rings. The van der Waals surface area contributed by atoms with Gasteiger partial charge in [-0.2, -0.15) is 5.10 Å². The van der Waals surface area contributed by atoms with Crippen LogP contribution in [0, 0.1) is 0 Å². The van der Waals surface area contributed by atoms with Crippen LogP contribution in [0.2, 0.25) is 0 Å². The molecule has 0 bridgehead atoms. The number of carbonyl (C=O) groups is 2. The zero-order chi connectivity index (χ0) is 19.8. The number of rotatable bonds is 5. The molecule has 0 unspecified atom stereocenters. The van der Waals surface area contributed by atoms with Crippen LogP contribution >= 0.6 is 11.3 Å². The van der Waals surface area contributed by atoms with Gasteiger partial charge in [-0.1, -0.05) is 0 Å². The lowest BCUT2D eigenvalue weighted by Crippen LogP contribution is -2.55. The molecule has 9 heteroatoms. The minimum absolute atomic E-state index is 0.0258. The quantitative estimate of drug-likeness (QED) is 0.759.